The zero-order valence-corrected chi connectivity index (χ0v) is 16.7. The second-order valence-electron chi connectivity index (χ2n) is 5.62. The molecular weight excluding hydrogens is 416 g/mol. The molecule has 0 aliphatic rings. The molecule has 2 heterocycles. The quantitative estimate of drug-likeness (QED) is 0.542. The summed E-state index contributed by atoms with van der Waals surface area (Å²) in [6, 6.07) is 13.7. The molecule has 0 saturated heterocycles. The minimum absolute atomic E-state index is 0.00611. The third-order valence-electron chi connectivity index (χ3n) is 3.60. The first kappa shape index (κ1) is 18.7. The summed E-state index contributed by atoms with van der Waals surface area (Å²) in [5.41, 5.74) is 1.12. The number of rotatable bonds is 8. The molecule has 3 aromatic rings. The average Bonchev–Trinajstić information content (AvgIpc) is 3.25. The molecule has 0 unspecified atom stereocenters. The molecule has 0 bridgehead atoms. The van der Waals surface area contributed by atoms with E-state index in [2.05, 4.69) is 31.4 Å². The fourth-order valence-corrected chi connectivity index (χ4v) is 3.44. The van der Waals surface area contributed by atoms with Crippen molar-refractivity contribution in [3.05, 3.63) is 52.7 Å². The van der Waals surface area contributed by atoms with Crippen molar-refractivity contribution in [1.29, 1.82) is 0 Å². The Balaban J connectivity index is 1.84. The van der Waals surface area contributed by atoms with Gasteiger partial charge in [0, 0.05) is 6.54 Å². The number of nitrogens with zero attached hydrogens (tertiary/aromatic N) is 3. The molecule has 0 atom stereocenters. The summed E-state index contributed by atoms with van der Waals surface area (Å²) in [7, 11) is 0. The van der Waals surface area contributed by atoms with E-state index in [0.717, 1.165) is 12.0 Å². The van der Waals surface area contributed by atoms with Gasteiger partial charge < -0.3 is 9.73 Å². The molecule has 0 fully saturated rings. The molecule has 0 aliphatic heterocycles. The molecule has 0 aliphatic carbocycles. The van der Waals surface area contributed by atoms with E-state index in [-0.39, 0.29) is 5.91 Å². The van der Waals surface area contributed by atoms with Gasteiger partial charge in [-0.1, -0.05) is 49.0 Å². The molecule has 6 nitrogen and oxygen atoms in total. The van der Waals surface area contributed by atoms with E-state index in [1.807, 2.05) is 54.0 Å². The van der Waals surface area contributed by atoms with Crippen LogP contribution >= 0.6 is 27.7 Å². The Morgan fingerprint density at radius 2 is 2.04 bits per heavy atom. The molecule has 1 N–H and O–H groups in total. The van der Waals surface area contributed by atoms with E-state index in [1.54, 1.807) is 0 Å². The van der Waals surface area contributed by atoms with Gasteiger partial charge in [-0.15, -0.1) is 10.2 Å². The van der Waals surface area contributed by atoms with Gasteiger partial charge in [0.1, 0.15) is 0 Å². The van der Waals surface area contributed by atoms with Crippen LogP contribution in [0.25, 0.3) is 11.6 Å². The smallest absolute Gasteiger partial charge is 0.230 e. The first-order valence-corrected chi connectivity index (χ1v) is 10.1. The summed E-state index contributed by atoms with van der Waals surface area (Å²) in [5, 5.41) is 12.1. The maximum atomic E-state index is 11.9. The number of thioether (sulfide) groups is 1. The van der Waals surface area contributed by atoms with Gasteiger partial charge >= 0.3 is 0 Å². The Labute approximate surface area is 164 Å². The molecular formula is C18H19BrN4O2S. The lowest BCUT2D eigenvalue weighted by Crippen LogP contribution is -2.25. The number of carbonyl (C=O) groups is 1. The van der Waals surface area contributed by atoms with Crippen molar-refractivity contribution in [3.63, 3.8) is 0 Å². The third kappa shape index (κ3) is 4.76. The van der Waals surface area contributed by atoms with Gasteiger partial charge in [0.25, 0.3) is 0 Å². The normalized spacial score (nSPS) is 10.8. The Morgan fingerprint density at radius 3 is 2.73 bits per heavy atom. The Kier molecular flexibility index (Phi) is 6.51. The summed E-state index contributed by atoms with van der Waals surface area (Å²) in [6.45, 7) is 3.31. The predicted octanol–water partition coefficient (Wildman–Crippen LogP) is 3.97. The van der Waals surface area contributed by atoms with Crippen LogP contribution < -0.4 is 5.32 Å². The number of furan rings is 1. The fourth-order valence-electron chi connectivity index (χ4n) is 2.37. The molecule has 26 heavy (non-hydrogen) atoms. The second kappa shape index (κ2) is 9.05. The van der Waals surface area contributed by atoms with E-state index in [4.69, 9.17) is 4.42 Å². The SMILES string of the molecule is CCCNC(=O)CSc1nnc(-c2ccc(Br)o2)n1Cc1ccccc1. The molecule has 0 saturated carbocycles. The van der Waals surface area contributed by atoms with Crippen LogP contribution in [0.3, 0.4) is 0 Å². The van der Waals surface area contributed by atoms with Crippen LogP contribution in [0.4, 0.5) is 0 Å². The van der Waals surface area contributed by atoms with Crippen LogP contribution in [-0.4, -0.2) is 33.0 Å². The standard InChI is InChI=1S/C18H19BrN4O2S/c1-2-10-20-16(24)12-26-18-22-21-17(14-8-9-15(19)25-14)23(18)11-13-6-4-3-5-7-13/h3-9H,2,10-12H2,1H3,(H,20,24). The lowest BCUT2D eigenvalue weighted by molar-refractivity contribution is -0.118. The number of hydrogen-bond donors (Lipinski definition) is 1. The van der Waals surface area contributed by atoms with Gasteiger partial charge in [0.15, 0.2) is 15.6 Å². The van der Waals surface area contributed by atoms with Crippen molar-refractivity contribution in [2.45, 2.75) is 25.0 Å². The number of benzene rings is 1. The van der Waals surface area contributed by atoms with Gasteiger partial charge in [-0.2, -0.15) is 0 Å². The topological polar surface area (TPSA) is 73.0 Å². The van der Waals surface area contributed by atoms with Gasteiger partial charge in [0.2, 0.25) is 11.7 Å². The van der Waals surface area contributed by atoms with Gasteiger partial charge in [0.05, 0.1) is 12.3 Å². The highest BCUT2D eigenvalue weighted by molar-refractivity contribution is 9.10. The Hall–Kier alpha value is -2.06. The van der Waals surface area contributed by atoms with E-state index < -0.39 is 0 Å². The lowest BCUT2D eigenvalue weighted by Gasteiger charge is -2.09. The maximum absolute atomic E-state index is 11.9. The average molecular weight is 435 g/mol. The number of halogens is 1. The van der Waals surface area contributed by atoms with Crippen molar-refractivity contribution in [3.8, 4) is 11.6 Å². The molecule has 1 aromatic carbocycles. The summed E-state index contributed by atoms with van der Waals surface area (Å²) in [6.07, 6.45) is 0.915. The van der Waals surface area contributed by atoms with Crippen molar-refractivity contribution in [2.24, 2.45) is 0 Å². The molecule has 1 amide bonds. The third-order valence-corrected chi connectivity index (χ3v) is 4.99. The van der Waals surface area contributed by atoms with Crippen LogP contribution in [0.15, 0.2) is 56.7 Å². The summed E-state index contributed by atoms with van der Waals surface area (Å²) < 4.78 is 8.25. The first-order chi connectivity index (χ1) is 12.7. The zero-order chi connectivity index (χ0) is 18.4. The summed E-state index contributed by atoms with van der Waals surface area (Å²) in [5.74, 6) is 1.56. The largest absolute Gasteiger partial charge is 0.446 e. The highest BCUT2D eigenvalue weighted by Crippen LogP contribution is 2.28. The zero-order valence-electron chi connectivity index (χ0n) is 14.3. The summed E-state index contributed by atoms with van der Waals surface area (Å²) >= 11 is 4.69. The number of aromatic nitrogens is 3. The van der Waals surface area contributed by atoms with Crippen molar-refractivity contribution < 1.29 is 9.21 Å². The lowest BCUT2D eigenvalue weighted by atomic mass is 10.2. The molecule has 136 valence electrons. The number of nitrogens with one attached hydrogen (secondary N) is 1. The van der Waals surface area contributed by atoms with Crippen LogP contribution in [0, 0.1) is 0 Å². The Morgan fingerprint density at radius 1 is 1.23 bits per heavy atom. The van der Waals surface area contributed by atoms with Crippen molar-refractivity contribution in [2.75, 3.05) is 12.3 Å². The Bertz CT molecular complexity index is 863. The minimum Gasteiger partial charge on any atom is -0.446 e. The highest BCUT2D eigenvalue weighted by Gasteiger charge is 2.18. The van der Waals surface area contributed by atoms with E-state index in [1.165, 1.54) is 11.8 Å². The maximum Gasteiger partial charge on any atom is 0.230 e. The van der Waals surface area contributed by atoms with E-state index in [0.29, 0.717) is 40.3 Å². The van der Waals surface area contributed by atoms with E-state index in [9.17, 15) is 4.79 Å². The summed E-state index contributed by atoms with van der Waals surface area (Å²) in [4.78, 5) is 11.9. The predicted molar refractivity (Wildman–Crippen MR) is 105 cm³/mol. The molecule has 0 radical (unpaired) electrons. The van der Waals surface area contributed by atoms with Gasteiger partial charge in [-0.3, -0.25) is 9.36 Å². The molecule has 8 heteroatoms. The van der Waals surface area contributed by atoms with Crippen LogP contribution in [0.2, 0.25) is 0 Å². The van der Waals surface area contributed by atoms with Gasteiger partial charge in [-0.25, -0.2) is 0 Å². The number of carbonyl (C=O) groups excluding carboxylic acids is 1. The van der Waals surface area contributed by atoms with Gasteiger partial charge in [-0.05, 0) is 40.0 Å². The molecule has 0 spiro atoms. The second-order valence-corrected chi connectivity index (χ2v) is 7.34. The minimum atomic E-state index is -0.00611. The molecule has 3 rings (SSSR count). The number of amides is 1. The number of hydrogen-bond acceptors (Lipinski definition) is 5. The van der Waals surface area contributed by atoms with E-state index >= 15 is 0 Å². The fraction of sp³-hybridized carbons (Fsp3) is 0.278. The van der Waals surface area contributed by atoms with Crippen LogP contribution in [0.5, 0.6) is 0 Å². The molecule has 2 aromatic heterocycles. The van der Waals surface area contributed by atoms with Crippen LogP contribution in [-0.2, 0) is 11.3 Å². The van der Waals surface area contributed by atoms with Crippen molar-refractivity contribution >= 4 is 33.6 Å². The van der Waals surface area contributed by atoms with Crippen molar-refractivity contribution in [1.82, 2.24) is 20.1 Å². The van der Waals surface area contributed by atoms with Crippen LogP contribution in [0.1, 0.15) is 18.9 Å². The monoisotopic (exact) mass is 434 g/mol. The first-order valence-electron chi connectivity index (χ1n) is 8.29. The highest BCUT2D eigenvalue weighted by atomic mass is 79.9.